The van der Waals surface area contributed by atoms with Crippen molar-refractivity contribution in [3.63, 3.8) is 0 Å². The van der Waals surface area contributed by atoms with Gasteiger partial charge in [0.25, 0.3) is 5.91 Å². The summed E-state index contributed by atoms with van der Waals surface area (Å²) in [5.41, 5.74) is 4.26. The Labute approximate surface area is 133 Å². The SMILES string of the molecule is Cc1cccc(OCC(=O)N/N=C/c2ccc(C(=O)O)cc2)c1. The third kappa shape index (κ3) is 5.28. The molecule has 2 rings (SSSR count). The van der Waals surface area contributed by atoms with Crippen LogP contribution < -0.4 is 10.2 Å². The van der Waals surface area contributed by atoms with Gasteiger partial charge in [0.15, 0.2) is 6.61 Å². The summed E-state index contributed by atoms with van der Waals surface area (Å²) in [5.74, 6) is -0.756. The van der Waals surface area contributed by atoms with Crippen molar-refractivity contribution in [2.24, 2.45) is 5.10 Å². The molecule has 0 saturated carbocycles. The number of carbonyl (C=O) groups excluding carboxylic acids is 1. The Hall–Kier alpha value is -3.15. The van der Waals surface area contributed by atoms with Crippen LogP contribution in [0.5, 0.6) is 5.75 Å². The van der Waals surface area contributed by atoms with Gasteiger partial charge in [-0.2, -0.15) is 5.10 Å². The van der Waals surface area contributed by atoms with Crippen molar-refractivity contribution in [2.75, 3.05) is 6.61 Å². The number of hydrogen-bond donors (Lipinski definition) is 2. The lowest BCUT2D eigenvalue weighted by Gasteiger charge is -2.05. The Morgan fingerprint density at radius 2 is 1.96 bits per heavy atom. The maximum Gasteiger partial charge on any atom is 0.335 e. The lowest BCUT2D eigenvalue weighted by Crippen LogP contribution is -2.24. The smallest absolute Gasteiger partial charge is 0.335 e. The van der Waals surface area contributed by atoms with Gasteiger partial charge < -0.3 is 9.84 Å². The Bertz CT molecular complexity index is 724. The topological polar surface area (TPSA) is 88.0 Å². The van der Waals surface area contributed by atoms with E-state index < -0.39 is 5.97 Å². The van der Waals surface area contributed by atoms with Crippen LogP contribution in [0, 0.1) is 6.92 Å². The molecule has 2 N–H and O–H groups in total. The molecule has 0 heterocycles. The van der Waals surface area contributed by atoms with Gasteiger partial charge in [0.05, 0.1) is 11.8 Å². The van der Waals surface area contributed by atoms with E-state index in [1.54, 1.807) is 18.2 Å². The molecule has 0 radical (unpaired) electrons. The summed E-state index contributed by atoms with van der Waals surface area (Å²) >= 11 is 0. The van der Waals surface area contributed by atoms with Crippen molar-refractivity contribution in [1.29, 1.82) is 0 Å². The number of hydrogen-bond acceptors (Lipinski definition) is 4. The van der Waals surface area contributed by atoms with Crippen LogP contribution in [-0.2, 0) is 4.79 Å². The van der Waals surface area contributed by atoms with Gasteiger partial charge in [-0.1, -0.05) is 24.3 Å². The fraction of sp³-hybridized carbons (Fsp3) is 0.118. The molecular formula is C17H16N2O4. The van der Waals surface area contributed by atoms with Crippen LogP contribution in [0.1, 0.15) is 21.5 Å². The van der Waals surface area contributed by atoms with Crippen LogP contribution in [0.3, 0.4) is 0 Å². The number of nitrogens with one attached hydrogen (secondary N) is 1. The van der Waals surface area contributed by atoms with E-state index in [2.05, 4.69) is 10.5 Å². The van der Waals surface area contributed by atoms with Gasteiger partial charge in [-0.25, -0.2) is 10.2 Å². The Balaban J connectivity index is 1.80. The fourth-order valence-corrected chi connectivity index (χ4v) is 1.78. The summed E-state index contributed by atoms with van der Waals surface area (Å²) in [6, 6.07) is 13.5. The second kappa shape index (κ2) is 7.74. The summed E-state index contributed by atoms with van der Waals surface area (Å²) in [7, 11) is 0. The van der Waals surface area contributed by atoms with Gasteiger partial charge in [0.1, 0.15) is 5.75 Å². The van der Waals surface area contributed by atoms with E-state index in [4.69, 9.17) is 9.84 Å². The fourth-order valence-electron chi connectivity index (χ4n) is 1.78. The standard InChI is InChI=1S/C17H16N2O4/c1-12-3-2-4-15(9-12)23-11-16(20)19-18-10-13-5-7-14(8-6-13)17(21)22/h2-10H,11H2,1H3,(H,19,20)(H,21,22)/b18-10+. The molecular weight excluding hydrogens is 296 g/mol. The molecule has 0 unspecified atom stereocenters. The van der Waals surface area contributed by atoms with Gasteiger partial charge in [-0.3, -0.25) is 4.79 Å². The number of amides is 1. The minimum Gasteiger partial charge on any atom is -0.484 e. The summed E-state index contributed by atoms with van der Waals surface area (Å²) in [6.45, 7) is 1.80. The van der Waals surface area contributed by atoms with Crippen molar-refractivity contribution in [2.45, 2.75) is 6.92 Å². The van der Waals surface area contributed by atoms with Crippen LogP contribution in [0.15, 0.2) is 53.6 Å². The highest BCUT2D eigenvalue weighted by Crippen LogP contribution is 2.11. The van der Waals surface area contributed by atoms with Crippen molar-refractivity contribution < 1.29 is 19.4 Å². The highest BCUT2D eigenvalue weighted by Gasteiger charge is 2.02. The molecule has 0 bridgehead atoms. The van der Waals surface area contributed by atoms with E-state index in [9.17, 15) is 9.59 Å². The number of rotatable bonds is 6. The monoisotopic (exact) mass is 312 g/mol. The maximum atomic E-state index is 11.6. The summed E-state index contributed by atoms with van der Waals surface area (Å²) in [6.07, 6.45) is 1.43. The molecule has 0 aromatic heterocycles. The average molecular weight is 312 g/mol. The normalized spacial score (nSPS) is 10.5. The number of aryl methyl sites for hydroxylation is 1. The molecule has 0 fully saturated rings. The van der Waals surface area contributed by atoms with Crippen LogP contribution in [0.25, 0.3) is 0 Å². The van der Waals surface area contributed by atoms with Crippen LogP contribution in [-0.4, -0.2) is 29.8 Å². The van der Waals surface area contributed by atoms with E-state index in [-0.39, 0.29) is 18.1 Å². The van der Waals surface area contributed by atoms with Crippen molar-refractivity contribution >= 4 is 18.1 Å². The van der Waals surface area contributed by atoms with Gasteiger partial charge in [0, 0.05) is 0 Å². The Morgan fingerprint density at radius 3 is 2.61 bits per heavy atom. The molecule has 0 aliphatic rings. The number of carbonyl (C=O) groups is 2. The van der Waals surface area contributed by atoms with Gasteiger partial charge in [0.2, 0.25) is 0 Å². The molecule has 0 aliphatic heterocycles. The second-order valence-electron chi connectivity index (χ2n) is 4.83. The first-order valence-corrected chi connectivity index (χ1v) is 6.89. The van der Waals surface area contributed by atoms with E-state index >= 15 is 0 Å². The molecule has 6 nitrogen and oxygen atoms in total. The third-order valence-electron chi connectivity index (χ3n) is 2.92. The van der Waals surface area contributed by atoms with Crippen molar-refractivity contribution in [3.05, 3.63) is 65.2 Å². The minimum absolute atomic E-state index is 0.140. The van der Waals surface area contributed by atoms with Crippen LogP contribution in [0.2, 0.25) is 0 Å². The van der Waals surface area contributed by atoms with Crippen LogP contribution >= 0.6 is 0 Å². The maximum absolute atomic E-state index is 11.6. The number of carboxylic acids is 1. The zero-order valence-electron chi connectivity index (χ0n) is 12.5. The highest BCUT2D eigenvalue weighted by atomic mass is 16.5. The number of nitrogens with zero attached hydrogens (tertiary/aromatic N) is 1. The Morgan fingerprint density at radius 1 is 1.22 bits per heavy atom. The molecule has 0 atom stereocenters. The number of benzene rings is 2. The Kier molecular flexibility index (Phi) is 5.46. The molecule has 1 amide bonds. The third-order valence-corrected chi connectivity index (χ3v) is 2.92. The molecule has 2 aromatic rings. The van der Waals surface area contributed by atoms with Crippen molar-refractivity contribution in [1.82, 2.24) is 5.43 Å². The van der Waals surface area contributed by atoms with E-state index in [0.717, 1.165) is 5.56 Å². The van der Waals surface area contributed by atoms with E-state index in [0.29, 0.717) is 11.3 Å². The first-order valence-electron chi connectivity index (χ1n) is 6.89. The molecule has 0 saturated heterocycles. The molecule has 6 heteroatoms. The predicted octanol–water partition coefficient (Wildman–Crippen LogP) is 2.22. The van der Waals surface area contributed by atoms with Gasteiger partial charge in [-0.15, -0.1) is 0 Å². The summed E-state index contributed by atoms with van der Waals surface area (Å²) in [4.78, 5) is 22.3. The highest BCUT2D eigenvalue weighted by molar-refractivity contribution is 5.89. The zero-order valence-corrected chi connectivity index (χ0v) is 12.5. The largest absolute Gasteiger partial charge is 0.484 e. The molecule has 0 spiro atoms. The minimum atomic E-state index is -0.991. The van der Waals surface area contributed by atoms with Gasteiger partial charge in [-0.05, 0) is 42.3 Å². The lowest BCUT2D eigenvalue weighted by molar-refractivity contribution is -0.123. The number of ether oxygens (including phenoxy) is 1. The molecule has 23 heavy (non-hydrogen) atoms. The molecule has 0 aliphatic carbocycles. The quantitative estimate of drug-likeness (QED) is 0.632. The number of carboxylic acid groups (broad SMARTS) is 1. The average Bonchev–Trinajstić information content (AvgIpc) is 2.53. The van der Waals surface area contributed by atoms with Gasteiger partial charge >= 0.3 is 5.97 Å². The summed E-state index contributed by atoms with van der Waals surface area (Å²) in [5, 5.41) is 12.6. The second-order valence-corrected chi connectivity index (χ2v) is 4.83. The van der Waals surface area contributed by atoms with Crippen molar-refractivity contribution in [3.8, 4) is 5.75 Å². The van der Waals surface area contributed by atoms with Crippen LogP contribution in [0.4, 0.5) is 0 Å². The zero-order chi connectivity index (χ0) is 16.7. The first kappa shape index (κ1) is 16.2. The molecule has 118 valence electrons. The summed E-state index contributed by atoms with van der Waals surface area (Å²) < 4.78 is 5.34. The first-order chi connectivity index (χ1) is 11.0. The van der Waals surface area contributed by atoms with E-state index in [1.165, 1.54) is 18.3 Å². The van der Waals surface area contributed by atoms with E-state index in [1.807, 2.05) is 25.1 Å². The number of aromatic carboxylic acids is 1. The molecule has 2 aromatic carbocycles. The number of hydrazone groups is 1. The predicted molar refractivity (Wildman–Crippen MR) is 85.8 cm³/mol. The lowest BCUT2D eigenvalue weighted by atomic mass is 10.1.